The number of anilines is 1. The molecule has 2 rings (SSSR count). The largest absolute Gasteiger partial charge is 0.494 e. The van der Waals surface area contributed by atoms with Crippen LogP contribution in [0.15, 0.2) is 48.5 Å². The molecule has 0 N–H and O–H groups in total. The zero-order chi connectivity index (χ0) is 19.6. The Balaban J connectivity index is 2.00. The standard InChI is InChI=1S/C20H19FN2O4/c1-2-26-18-10-4-15(5-11-18)20(25)27-14-19(24)23(13-3-12-22)17-8-6-16(21)7-9-17/h4-11H,2-3,13-14H2,1H3. The molecule has 0 aliphatic carbocycles. The summed E-state index contributed by atoms with van der Waals surface area (Å²) < 4.78 is 23.5. The summed E-state index contributed by atoms with van der Waals surface area (Å²) in [6.07, 6.45) is 0.0932. The number of ether oxygens (including phenoxy) is 2. The van der Waals surface area contributed by atoms with Crippen molar-refractivity contribution in [2.45, 2.75) is 13.3 Å². The number of rotatable bonds is 8. The third-order valence-electron chi connectivity index (χ3n) is 3.61. The molecule has 0 aliphatic heterocycles. The van der Waals surface area contributed by atoms with Gasteiger partial charge in [-0.15, -0.1) is 0 Å². The Labute approximate surface area is 156 Å². The molecule has 0 aromatic heterocycles. The fourth-order valence-corrected chi connectivity index (χ4v) is 2.32. The van der Waals surface area contributed by atoms with Gasteiger partial charge in [0.15, 0.2) is 6.61 Å². The van der Waals surface area contributed by atoms with Crippen LogP contribution in [0.4, 0.5) is 10.1 Å². The van der Waals surface area contributed by atoms with Crippen molar-refractivity contribution in [1.29, 1.82) is 5.26 Å². The second kappa shape index (κ2) is 9.92. The highest BCUT2D eigenvalue weighted by Gasteiger charge is 2.18. The quantitative estimate of drug-likeness (QED) is 0.666. The zero-order valence-corrected chi connectivity index (χ0v) is 14.9. The first-order chi connectivity index (χ1) is 13.0. The van der Waals surface area contributed by atoms with Crippen molar-refractivity contribution in [1.82, 2.24) is 0 Å². The Kier molecular flexibility index (Phi) is 7.32. The van der Waals surface area contributed by atoms with Crippen molar-refractivity contribution in [2.24, 2.45) is 0 Å². The van der Waals surface area contributed by atoms with Crippen LogP contribution in [0.3, 0.4) is 0 Å². The van der Waals surface area contributed by atoms with Crippen LogP contribution in [0.1, 0.15) is 23.7 Å². The molecule has 2 aromatic rings. The van der Waals surface area contributed by atoms with Crippen molar-refractivity contribution in [3.05, 3.63) is 59.9 Å². The molecule has 0 aliphatic rings. The van der Waals surface area contributed by atoms with Crippen molar-refractivity contribution in [3.8, 4) is 11.8 Å². The summed E-state index contributed by atoms with van der Waals surface area (Å²) in [5, 5.41) is 8.77. The second-order valence-electron chi connectivity index (χ2n) is 5.46. The van der Waals surface area contributed by atoms with Gasteiger partial charge < -0.3 is 14.4 Å². The minimum Gasteiger partial charge on any atom is -0.494 e. The predicted octanol–water partition coefficient (Wildman–Crippen LogP) is 3.33. The Morgan fingerprint density at radius 2 is 1.78 bits per heavy atom. The van der Waals surface area contributed by atoms with Gasteiger partial charge in [-0.2, -0.15) is 5.26 Å². The van der Waals surface area contributed by atoms with E-state index in [0.29, 0.717) is 18.0 Å². The molecular weight excluding hydrogens is 351 g/mol. The number of hydrogen-bond acceptors (Lipinski definition) is 5. The highest BCUT2D eigenvalue weighted by molar-refractivity contribution is 5.97. The van der Waals surface area contributed by atoms with Crippen LogP contribution < -0.4 is 9.64 Å². The number of nitrogens with zero attached hydrogens (tertiary/aromatic N) is 2. The molecule has 27 heavy (non-hydrogen) atoms. The average Bonchev–Trinajstić information content (AvgIpc) is 2.68. The number of halogens is 1. The molecule has 2 aromatic carbocycles. The zero-order valence-electron chi connectivity index (χ0n) is 14.9. The number of esters is 1. The topological polar surface area (TPSA) is 79.6 Å². The average molecular weight is 370 g/mol. The van der Waals surface area contributed by atoms with E-state index in [1.54, 1.807) is 24.3 Å². The molecule has 0 unspecified atom stereocenters. The summed E-state index contributed by atoms with van der Waals surface area (Å²) in [6, 6.07) is 13.6. The first-order valence-corrected chi connectivity index (χ1v) is 8.38. The second-order valence-corrected chi connectivity index (χ2v) is 5.46. The molecule has 6 nitrogen and oxygen atoms in total. The Bertz CT molecular complexity index is 813. The minimum atomic E-state index is -0.647. The monoisotopic (exact) mass is 370 g/mol. The molecule has 140 valence electrons. The predicted molar refractivity (Wildman–Crippen MR) is 96.9 cm³/mol. The molecule has 0 heterocycles. The third kappa shape index (κ3) is 5.82. The van der Waals surface area contributed by atoms with E-state index in [9.17, 15) is 14.0 Å². The van der Waals surface area contributed by atoms with Gasteiger partial charge in [0.05, 0.1) is 24.7 Å². The first kappa shape index (κ1) is 19.9. The van der Waals surface area contributed by atoms with Gasteiger partial charge in [-0.25, -0.2) is 9.18 Å². The number of nitriles is 1. The van der Waals surface area contributed by atoms with Crippen LogP contribution in [-0.2, 0) is 9.53 Å². The number of hydrogen-bond donors (Lipinski definition) is 0. The smallest absolute Gasteiger partial charge is 0.338 e. The summed E-state index contributed by atoms with van der Waals surface area (Å²) in [4.78, 5) is 25.8. The summed E-state index contributed by atoms with van der Waals surface area (Å²) in [6.45, 7) is 1.99. The van der Waals surface area contributed by atoms with Crippen LogP contribution in [-0.4, -0.2) is 31.6 Å². The molecule has 0 bridgehead atoms. The van der Waals surface area contributed by atoms with E-state index in [-0.39, 0.29) is 18.5 Å². The Hall–Kier alpha value is -3.40. The lowest BCUT2D eigenvalue weighted by molar-refractivity contribution is -0.121. The Morgan fingerprint density at radius 3 is 2.37 bits per heavy atom. The van der Waals surface area contributed by atoms with Crippen molar-refractivity contribution in [2.75, 3.05) is 24.7 Å². The molecule has 0 saturated heterocycles. The van der Waals surface area contributed by atoms with E-state index >= 15 is 0 Å². The lowest BCUT2D eigenvalue weighted by atomic mass is 10.2. The van der Waals surface area contributed by atoms with E-state index < -0.39 is 24.3 Å². The first-order valence-electron chi connectivity index (χ1n) is 8.38. The van der Waals surface area contributed by atoms with Crippen LogP contribution in [0.25, 0.3) is 0 Å². The number of amides is 1. The van der Waals surface area contributed by atoms with Crippen LogP contribution in [0, 0.1) is 17.1 Å². The molecule has 7 heteroatoms. The summed E-state index contributed by atoms with van der Waals surface area (Å²) in [7, 11) is 0. The minimum absolute atomic E-state index is 0.0932. The fraction of sp³-hybridized carbons (Fsp3) is 0.250. The molecule has 0 atom stereocenters. The van der Waals surface area contributed by atoms with Crippen molar-refractivity contribution >= 4 is 17.6 Å². The normalized spacial score (nSPS) is 9.96. The van der Waals surface area contributed by atoms with Gasteiger partial charge in [0.25, 0.3) is 5.91 Å². The van der Waals surface area contributed by atoms with Crippen LogP contribution in [0.5, 0.6) is 5.75 Å². The molecule has 0 radical (unpaired) electrons. The van der Waals surface area contributed by atoms with E-state index in [4.69, 9.17) is 14.7 Å². The third-order valence-corrected chi connectivity index (χ3v) is 3.61. The molecule has 0 saturated carbocycles. The van der Waals surface area contributed by atoms with Crippen molar-refractivity contribution < 1.29 is 23.5 Å². The van der Waals surface area contributed by atoms with Crippen LogP contribution >= 0.6 is 0 Å². The van der Waals surface area contributed by atoms with E-state index in [1.165, 1.54) is 29.2 Å². The van der Waals surface area contributed by atoms with Crippen molar-refractivity contribution in [3.63, 3.8) is 0 Å². The van der Waals surface area contributed by atoms with E-state index in [1.807, 2.05) is 13.0 Å². The number of benzene rings is 2. The maximum atomic E-state index is 13.1. The highest BCUT2D eigenvalue weighted by atomic mass is 19.1. The molecule has 0 spiro atoms. The SMILES string of the molecule is CCOc1ccc(C(=O)OCC(=O)N(CCC#N)c2ccc(F)cc2)cc1. The van der Waals surface area contributed by atoms with Gasteiger partial charge >= 0.3 is 5.97 Å². The number of carbonyl (C=O) groups excluding carboxylic acids is 2. The summed E-state index contributed by atoms with van der Waals surface area (Å²) in [5.74, 6) is -0.959. The van der Waals surface area contributed by atoms with Crippen LogP contribution in [0.2, 0.25) is 0 Å². The van der Waals surface area contributed by atoms with Gasteiger partial charge in [0.2, 0.25) is 0 Å². The van der Waals surface area contributed by atoms with Gasteiger partial charge in [0, 0.05) is 12.2 Å². The van der Waals surface area contributed by atoms with Gasteiger partial charge in [-0.1, -0.05) is 0 Å². The maximum absolute atomic E-state index is 13.1. The van der Waals surface area contributed by atoms with E-state index in [0.717, 1.165) is 0 Å². The van der Waals surface area contributed by atoms with Gasteiger partial charge in [-0.05, 0) is 55.5 Å². The molecule has 0 fully saturated rings. The molecular formula is C20H19FN2O4. The number of carbonyl (C=O) groups is 2. The highest BCUT2D eigenvalue weighted by Crippen LogP contribution is 2.16. The maximum Gasteiger partial charge on any atom is 0.338 e. The van der Waals surface area contributed by atoms with Gasteiger partial charge in [0.1, 0.15) is 11.6 Å². The summed E-state index contributed by atoms with van der Waals surface area (Å²) >= 11 is 0. The Morgan fingerprint density at radius 1 is 1.11 bits per heavy atom. The lowest BCUT2D eigenvalue weighted by Gasteiger charge is -2.21. The fourth-order valence-electron chi connectivity index (χ4n) is 2.32. The van der Waals surface area contributed by atoms with E-state index in [2.05, 4.69) is 0 Å². The summed E-state index contributed by atoms with van der Waals surface area (Å²) in [5.41, 5.74) is 0.713. The lowest BCUT2D eigenvalue weighted by Crippen LogP contribution is -2.35. The van der Waals surface area contributed by atoms with Gasteiger partial charge in [-0.3, -0.25) is 4.79 Å². The molecule has 1 amide bonds.